The Labute approximate surface area is 164 Å². The van der Waals surface area contributed by atoms with Crippen LogP contribution in [0.5, 0.6) is 11.5 Å². The second kappa shape index (κ2) is 7.35. The summed E-state index contributed by atoms with van der Waals surface area (Å²) in [5.41, 5.74) is 3.87. The number of anilines is 2. The highest BCUT2D eigenvalue weighted by Gasteiger charge is 2.22. The van der Waals surface area contributed by atoms with Crippen LogP contribution in [-0.4, -0.2) is 40.5 Å². The Kier molecular flexibility index (Phi) is 4.74. The molecule has 0 saturated carbocycles. The van der Waals surface area contributed by atoms with Crippen molar-refractivity contribution in [1.29, 1.82) is 0 Å². The van der Waals surface area contributed by atoms with E-state index in [1.165, 1.54) is 0 Å². The number of carbonyl (C=O) groups is 1. The molecule has 0 aliphatic rings. The Bertz CT molecular complexity index is 1170. The maximum atomic E-state index is 12.6. The molecule has 2 heterocycles. The van der Waals surface area contributed by atoms with E-state index in [4.69, 9.17) is 14.2 Å². The largest absolute Gasteiger partial charge is 0.493 e. The van der Waals surface area contributed by atoms with Gasteiger partial charge in [-0.25, -0.2) is 4.79 Å². The standard InChI is InChI=1S/C19H18N4O4S/c1-4-27-19(24)18-16(20-11-6-5-7-12-17(11)23-28-22-12)10-8-14(25-2)15(26-3)9-13(10)21-18/h5-9,20-21H,4H2,1-3H3. The van der Waals surface area contributed by atoms with Crippen molar-refractivity contribution < 1.29 is 19.0 Å². The van der Waals surface area contributed by atoms with Crippen molar-refractivity contribution in [2.75, 3.05) is 26.1 Å². The number of carbonyl (C=O) groups excluding carboxylic acids is 1. The van der Waals surface area contributed by atoms with Gasteiger partial charge in [0, 0.05) is 11.5 Å². The van der Waals surface area contributed by atoms with E-state index < -0.39 is 5.97 Å². The Morgan fingerprint density at radius 2 is 1.96 bits per heavy atom. The van der Waals surface area contributed by atoms with Crippen molar-refractivity contribution >= 4 is 51.0 Å². The first-order chi connectivity index (χ1) is 13.7. The fraction of sp³-hybridized carbons (Fsp3) is 0.211. The smallest absolute Gasteiger partial charge is 0.356 e. The Balaban J connectivity index is 1.92. The lowest BCUT2D eigenvalue weighted by atomic mass is 10.1. The molecular weight excluding hydrogens is 380 g/mol. The number of fused-ring (bicyclic) bond motifs is 2. The molecule has 0 spiro atoms. The number of benzene rings is 2. The number of nitrogens with zero attached hydrogens (tertiary/aromatic N) is 2. The number of methoxy groups -OCH3 is 2. The normalized spacial score (nSPS) is 11.0. The zero-order valence-corrected chi connectivity index (χ0v) is 16.3. The van der Waals surface area contributed by atoms with E-state index >= 15 is 0 Å². The molecule has 0 fully saturated rings. The molecule has 8 nitrogen and oxygen atoms in total. The van der Waals surface area contributed by atoms with Crippen LogP contribution in [0.4, 0.5) is 11.4 Å². The van der Waals surface area contributed by atoms with Crippen LogP contribution in [0.3, 0.4) is 0 Å². The minimum Gasteiger partial charge on any atom is -0.493 e. The summed E-state index contributed by atoms with van der Waals surface area (Å²) >= 11 is 1.14. The van der Waals surface area contributed by atoms with E-state index in [9.17, 15) is 4.79 Å². The van der Waals surface area contributed by atoms with Crippen LogP contribution in [0.1, 0.15) is 17.4 Å². The zero-order valence-electron chi connectivity index (χ0n) is 15.5. The number of rotatable bonds is 6. The minimum atomic E-state index is -0.456. The van der Waals surface area contributed by atoms with E-state index in [1.807, 2.05) is 24.3 Å². The van der Waals surface area contributed by atoms with Gasteiger partial charge in [-0.2, -0.15) is 8.75 Å². The van der Waals surface area contributed by atoms with Gasteiger partial charge in [-0.15, -0.1) is 0 Å². The fourth-order valence-electron chi connectivity index (χ4n) is 3.05. The van der Waals surface area contributed by atoms with Crippen LogP contribution in [0.15, 0.2) is 30.3 Å². The molecule has 0 unspecified atom stereocenters. The molecule has 2 aromatic heterocycles. The third-order valence-electron chi connectivity index (χ3n) is 4.33. The fourth-order valence-corrected chi connectivity index (χ4v) is 3.60. The molecule has 4 aromatic rings. The van der Waals surface area contributed by atoms with Crippen molar-refractivity contribution in [3.8, 4) is 11.5 Å². The average molecular weight is 398 g/mol. The van der Waals surface area contributed by atoms with Crippen molar-refractivity contribution in [2.45, 2.75) is 6.92 Å². The van der Waals surface area contributed by atoms with E-state index in [0.717, 1.165) is 33.8 Å². The van der Waals surface area contributed by atoms with Crippen molar-refractivity contribution in [2.24, 2.45) is 0 Å². The molecule has 2 aromatic carbocycles. The number of aromatic nitrogens is 3. The number of ether oxygens (including phenoxy) is 3. The van der Waals surface area contributed by atoms with Gasteiger partial charge in [0.15, 0.2) is 11.5 Å². The van der Waals surface area contributed by atoms with Crippen LogP contribution >= 0.6 is 11.7 Å². The van der Waals surface area contributed by atoms with Crippen molar-refractivity contribution in [3.05, 3.63) is 36.0 Å². The van der Waals surface area contributed by atoms with Crippen LogP contribution in [0.25, 0.3) is 21.9 Å². The summed E-state index contributed by atoms with van der Waals surface area (Å²) in [7, 11) is 3.13. The molecule has 0 amide bonds. The van der Waals surface area contributed by atoms with Gasteiger partial charge in [-0.05, 0) is 25.1 Å². The third kappa shape index (κ3) is 2.99. The Morgan fingerprint density at radius 3 is 2.71 bits per heavy atom. The number of hydrogen-bond acceptors (Lipinski definition) is 8. The lowest BCUT2D eigenvalue weighted by Gasteiger charge is -2.10. The summed E-state index contributed by atoms with van der Waals surface area (Å²) in [5, 5.41) is 4.09. The van der Waals surface area contributed by atoms with Crippen LogP contribution in [0, 0.1) is 0 Å². The highest BCUT2D eigenvalue weighted by atomic mass is 32.1. The molecule has 0 aliphatic heterocycles. The third-order valence-corrected chi connectivity index (χ3v) is 4.87. The first-order valence-electron chi connectivity index (χ1n) is 8.59. The first kappa shape index (κ1) is 18.1. The van der Waals surface area contributed by atoms with Gasteiger partial charge in [-0.1, -0.05) is 6.07 Å². The number of esters is 1. The Hall–Kier alpha value is -3.33. The maximum Gasteiger partial charge on any atom is 0.356 e. The lowest BCUT2D eigenvalue weighted by molar-refractivity contribution is 0.0522. The summed E-state index contributed by atoms with van der Waals surface area (Å²) in [6.07, 6.45) is 0. The minimum absolute atomic E-state index is 0.270. The number of H-pyrrole nitrogens is 1. The van der Waals surface area contributed by atoms with Crippen molar-refractivity contribution in [1.82, 2.24) is 13.7 Å². The van der Waals surface area contributed by atoms with E-state index in [2.05, 4.69) is 19.0 Å². The van der Waals surface area contributed by atoms with Gasteiger partial charge in [0.2, 0.25) is 0 Å². The monoisotopic (exact) mass is 398 g/mol. The molecule has 0 bridgehead atoms. The summed E-state index contributed by atoms with van der Waals surface area (Å²) in [4.78, 5) is 15.7. The van der Waals surface area contributed by atoms with E-state index in [1.54, 1.807) is 27.2 Å². The molecule has 9 heteroatoms. The second-order valence-corrected chi connectivity index (χ2v) is 6.44. The summed E-state index contributed by atoms with van der Waals surface area (Å²) in [5.74, 6) is 0.660. The van der Waals surface area contributed by atoms with Gasteiger partial charge in [0.25, 0.3) is 0 Å². The zero-order chi connectivity index (χ0) is 19.7. The molecule has 0 saturated heterocycles. The quantitative estimate of drug-likeness (QED) is 0.472. The molecule has 28 heavy (non-hydrogen) atoms. The van der Waals surface area contributed by atoms with Gasteiger partial charge < -0.3 is 24.5 Å². The number of aromatic amines is 1. The molecule has 0 aliphatic carbocycles. The lowest BCUT2D eigenvalue weighted by Crippen LogP contribution is -2.07. The molecule has 144 valence electrons. The van der Waals surface area contributed by atoms with E-state index in [-0.39, 0.29) is 6.61 Å². The average Bonchev–Trinajstić information content (AvgIpc) is 3.32. The molecular formula is C19H18N4O4S. The summed E-state index contributed by atoms with van der Waals surface area (Å²) < 4.78 is 24.6. The number of hydrogen-bond donors (Lipinski definition) is 2. The summed E-state index contributed by atoms with van der Waals surface area (Å²) in [6, 6.07) is 9.26. The van der Waals surface area contributed by atoms with Crippen LogP contribution in [-0.2, 0) is 4.74 Å². The topological polar surface area (TPSA) is 98.4 Å². The molecule has 0 atom stereocenters. The van der Waals surface area contributed by atoms with Gasteiger partial charge in [0.1, 0.15) is 16.7 Å². The van der Waals surface area contributed by atoms with E-state index in [0.29, 0.717) is 28.4 Å². The van der Waals surface area contributed by atoms with Gasteiger partial charge in [-0.3, -0.25) is 0 Å². The predicted molar refractivity (Wildman–Crippen MR) is 108 cm³/mol. The van der Waals surface area contributed by atoms with Gasteiger partial charge in [0.05, 0.1) is 49.4 Å². The van der Waals surface area contributed by atoms with Crippen LogP contribution < -0.4 is 14.8 Å². The van der Waals surface area contributed by atoms with Crippen LogP contribution in [0.2, 0.25) is 0 Å². The highest BCUT2D eigenvalue weighted by Crippen LogP contribution is 2.39. The Morgan fingerprint density at radius 1 is 1.18 bits per heavy atom. The molecule has 0 radical (unpaired) electrons. The highest BCUT2D eigenvalue weighted by molar-refractivity contribution is 7.00. The first-order valence-corrected chi connectivity index (χ1v) is 9.32. The maximum absolute atomic E-state index is 12.6. The number of nitrogens with one attached hydrogen (secondary N) is 2. The second-order valence-electron chi connectivity index (χ2n) is 5.91. The summed E-state index contributed by atoms with van der Waals surface area (Å²) in [6.45, 7) is 2.03. The van der Waals surface area contributed by atoms with Gasteiger partial charge >= 0.3 is 5.97 Å². The SMILES string of the molecule is CCOC(=O)c1[nH]c2cc(OC)c(OC)cc2c1Nc1cccc2nsnc12. The van der Waals surface area contributed by atoms with Crippen molar-refractivity contribution in [3.63, 3.8) is 0 Å². The molecule has 4 rings (SSSR count). The molecule has 2 N–H and O–H groups in total. The predicted octanol–water partition coefficient (Wildman–Crippen LogP) is 4.11.